The van der Waals surface area contributed by atoms with Gasteiger partial charge in [-0.05, 0) is 27.7 Å². The molecule has 0 aliphatic carbocycles. The first-order valence-corrected chi connectivity index (χ1v) is 6.07. The number of esters is 1. The Hall–Kier alpha value is -0.420. The summed E-state index contributed by atoms with van der Waals surface area (Å²) in [7, 11) is -4.15. The average molecular weight is 240 g/mol. The van der Waals surface area contributed by atoms with Crippen LogP contribution < -0.4 is 0 Å². The van der Waals surface area contributed by atoms with Crippen molar-refractivity contribution in [2.45, 2.75) is 39.9 Å². The molecule has 1 atom stereocenters. The highest BCUT2D eigenvalue weighted by molar-refractivity contribution is 7.47. The first-order chi connectivity index (χ1) is 6.73. The van der Waals surface area contributed by atoms with E-state index in [4.69, 9.17) is 9.63 Å². The van der Waals surface area contributed by atoms with Gasteiger partial charge in [0.2, 0.25) is 0 Å². The summed E-state index contributed by atoms with van der Waals surface area (Å²) < 4.78 is 24.8. The summed E-state index contributed by atoms with van der Waals surface area (Å²) >= 11 is 0. The number of rotatable bonds is 6. The van der Waals surface area contributed by atoms with Crippen LogP contribution in [0, 0.1) is 0 Å². The quantitative estimate of drug-likeness (QED) is 0.559. The van der Waals surface area contributed by atoms with Crippen molar-refractivity contribution >= 4 is 13.8 Å². The lowest BCUT2D eigenvalue weighted by molar-refractivity contribution is -0.150. The molecule has 0 bridgehead atoms. The molecule has 1 N–H and O–H groups in total. The maximum atomic E-state index is 11.1. The van der Waals surface area contributed by atoms with Gasteiger partial charge in [-0.15, -0.1) is 0 Å². The van der Waals surface area contributed by atoms with Gasteiger partial charge in [0.15, 0.2) is 6.61 Å². The zero-order valence-electron chi connectivity index (χ0n) is 9.30. The molecule has 0 aliphatic heterocycles. The summed E-state index contributed by atoms with van der Waals surface area (Å²) in [5, 5.41) is 0. The predicted octanol–water partition coefficient (Wildman–Crippen LogP) is 1.48. The number of hydrogen-bond acceptors (Lipinski definition) is 5. The first-order valence-electron chi connectivity index (χ1n) is 4.58. The number of carbonyl (C=O) groups is 1. The molecule has 0 aromatic rings. The normalized spacial score (nSPS) is 15.4. The van der Waals surface area contributed by atoms with Crippen LogP contribution in [0.1, 0.15) is 27.7 Å². The molecular formula is C8H17O6P. The minimum atomic E-state index is -4.15. The Kier molecular flexibility index (Phi) is 6.05. The summed E-state index contributed by atoms with van der Waals surface area (Å²) in [5.41, 5.74) is 0. The number of carbonyl (C=O) groups excluding carboxylic acids is 1. The van der Waals surface area contributed by atoms with Gasteiger partial charge in [-0.2, -0.15) is 0 Å². The fraction of sp³-hybridized carbons (Fsp3) is 0.875. The minimum Gasteiger partial charge on any atom is -0.461 e. The third kappa shape index (κ3) is 8.57. The molecule has 0 aromatic carbocycles. The van der Waals surface area contributed by atoms with Crippen molar-refractivity contribution in [3.8, 4) is 0 Å². The molecule has 0 saturated heterocycles. The third-order valence-corrected chi connectivity index (χ3v) is 2.20. The van der Waals surface area contributed by atoms with Crippen LogP contribution >= 0.6 is 7.82 Å². The van der Waals surface area contributed by atoms with Gasteiger partial charge in [0.25, 0.3) is 0 Å². The monoisotopic (exact) mass is 240 g/mol. The topological polar surface area (TPSA) is 82.1 Å². The van der Waals surface area contributed by atoms with Crippen LogP contribution in [0.15, 0.2) is 0 Å². The second-order valence-corrected chi connectivity index (χ2v) is 4.84. The van der Waals surface area contributed by atoms with Crippen molar-refractivity contribution in [3.63, 3.8) is 0 Å². The van der Waals surface area contributed by atoms with Crippen molar-refractivity contribution < 1.29 is 28.0 Å². The second-order valence-electron chi connectivity index (χ2n) is 3.43. The highest BCUT2D eigenvalue weighted by Gasteiger charge is 2.24. The highest BCUT2D eigenvalue weighted by atomic mass is 31.2. The Morgan fingerprint density at radius 2 is 1.80 bits per heavy atom. The van der Waals surface area contributed by atoms with Gasteiger partial charge in [-0.1, -0.05) is 0 Å². The number of ether oxygens (including phenoxy) is 1. The predicted molar refractivity (Wildman–Crippen MR) is 53.2 cm³/mol. The summed E-state index contributed by atoms with van der Waals surface area (Å²) in [6.45, 7) is 5.90. The van der Waals surface area contributed by atoms with E-state index in [2.05, 4.69) is 9.05 Å². The van der Waals surface area contributed by atoms with Crippen molar-refractivity contribution in [1.82, 2.24) is 0 Å². The Balaban J connectivity index is 3.93. The Bertz CT molecular complexity index is 250. The number of phosphoric ester groups is 1. The molecule has 7 heteroatoms. The van der Waals surface area contributed by atoms with E-state index >= 15 is 0 Å². The fourth-order valence-electron chi connectivity index (χ4n) is 0.728. The maximum absolute atomic E-state index is 11.1. The summed E-state index contributed by atoms with van der Waals surface area (Å²) in [5.74, 6) is -0.702. The van der Waals surface area contributed by atoms with Gasteiger partial charge >= 0.3 is 13.8 Å². The van der Waals surface area contributed by atoms with Gasteiger partial charge in [-0.25, -0.2) is 9.36 Å². The van der Waals surface area contributed by atoms with Crippen LogP contribution in [0.25, 0.3) is 0 Å². The van der Waals surface area contributed by atoms with Gasteiger partial charge in [-0.3, -0.25) is 9.05 Å². The van der Waals surface area contributed by atoms with Gasteiger partial charge in [0, 0.05) is 0 Å². The second kappa shape index (κ2) is 6.23. The van der Waals surface area contributed by atoms with Crippen LogP contribution in [0.5, 0.6) is 0 Å². The van der Waals surface area contributed by atoms with Crippen LogP contribution in [0.2, 0.25) is 0 Å². The highest BCUT2D eigenvalue weighted by Crippen LogP contribution is 2.44. The molecule has 90 valence electrons. The molecule has 0 amide bonds. The zero-order chi connectivity index (χ0) is 12.1. The van der Waals surface area contributed by atoms with E-state index in [1.807, 2.05) is 0 Å². The largest absolute Gasteiger partial charge is 0.472 e. The van der Waals surface area contributed by atoms with E-state index < -0.39 is 26.5 Å². The smallest absolute Gasteiger partial charge is 0.461 e. The molecule has 0 aromatic heterocycles. The lowest BCUT2D eigenvalue weighted by atomic mass is 10.5. The fourth-order valence-corrected chi connectivity index (χ4v) is 1.59. The zero-order valence-corrected chi connectivity index (χ0v) is 10.2. The SMILES string of the molecule is CC(C)OC(=O)COP(=O)(O)OC(C)C. The first kappa shape index (κ1) is 14.6. The molecule has 0 heterocycles. The van der Waals surface area contributed by atoms with Crippen molar-refractivity contribution in [3.05, 3.63) is 0 Å². The number of phosphoric acid groups is 1. The Morgan fingerprint density at radius 1 is 1.27 bits per heavy atom. The van der Waals surface area contributed by atoms with Crippen LogP contribution in [-0.2, 0) is 23.1 Å². The molecule has 0 rings (SSSR count). The van der Waals surface area contributed by atoms with E-state index in [9.17, 15) is 9.36 Å². The van der Waals surface area contributed by atoms with Crippen LogP contribution in [-0.4, -0.2) is 29.7 Å². The third-order valence-electron chi connectivity index (χ3n) is 1.06. The summed E-state index contributed by atoms with van der Waals surface area (Å²) in [6.07, 6.45) is -0.743. The molecule has 6 nitrogen and oxygen atoms in total. The maximum Gasteiger partial charge on any atom is 0.472 e. The van der Waals surface area contributed by atoms with E-state index in [1.54, 1.807) is 27.7 Å². The van der Waals surface area contributed by atoms with E-state index in [0.717, 1.165) is 0 Å². The molecule has 0 spiro atoms. The average Bonchev–Trinajstić information content (AvgIpc) is 1.97. The molecule has 1 unspecified atom stereocenters. The van der Waals surface area contributed by atoms with E-state index in [-0.39, 0.29) is 6.10 Å². The standard InChI is InChI=1S/C8H17O6P/c1-6(2)13-8(9)5-12-15(10,11)14-7(3)4/h6-7H,5H2,1-4H3,(H,10,11). The lowest BCUT2D eigenvalue weighted by Crippen LogP contribution is -2.17. The molecular weight excluding hydrogens is 223 g/mol. The lowest BCUT2D eigenvalue weighted by Gasteiger charge is -2.14. The van der Waals surface area contributed by atoms with Gasteiger partial charge in [0.1, 0.15) is 0 Å². The number of hydrogen-bond donors (Lipinski definition) is 1. The molecule has 0 aliphatic rings. The van der Waals surface area contributed by atoms with Crippen molar-refractivity contribution in [2.75, 3.05) is 6.61 Å². The Labute approximate surface area is 89.1 Å². The van der Waals surface area contributed by atoms with Crippen LogP contribution in [0.3, 0.4) is 0 Å². The van der Waals surface area contributed by atoms with Crippen molar-refractivity contribution in [1.29, 1.82) is 0 Å². The van der Waals surface area contributed by atoms with Gasteiger partial charge < -0.3 is 9.63 Å². The molecule has 15 heavy (non-hydrogen) atoms. The molecule has 0 radical (unpaired) electrons. The minimum absolute atomic E-state index is 0.287. The summed E-state index contributed by atoms with van der Waals surface area (Å²) in [4.78, 5) is 20.0. The molecule has 0 saturated carbocycles. The van der Waals surface area contributed by atoms with E-state index in [0.29, 0.717) is 0 Å². The summed E-state index contributed by atoms with van der Waals surface area (Å²) in [6, 6.07) is 0. The van der Waals surface area contributed by atoms with Crippen molar-refractivity contribution in [2.24, 2.45) is 0 Å². The molecule has 0 fully saturated rings. The van der Waals surface area contributed by atoms with Gasteiger partial charge in [0.05, 0.1) is 12.2 Å². The van der Waals surface area contributed by atoms with Crippen LogP contribution in [0.4, 0.5) is 0 Å². The Morgan fingerprint density at radius 3 is 2.20 bits per heavy atom. The van der Waals surface area contributed by atoms with E-state index in [1.165, 1.54) is 0 Å².